The maximum atomic E-state index is 12.6. The molecule has 1 aromatic rings. The van der Waals surface area contributed by atoms with Crippen molar-refractivity contribution in [3.05, 3.63) is 34.9 Å². The fourth-order valence-corrected chi connectivity index (χ4v) is 4.74. The van der Waals surface area contributed by atoms with E-state index in [9.17, 15) is 18.0 Å². The number of benzene rings is 1. The van der Waals surface area contributed by atoms with Crippen LogP contribution in [0.5, 0.6) is 0 Å². The topological polar surface area (TPSA) is 83.6 Å². The molecular weight excluding hydrogens is 340 g/mol. The van der Waals surface area contributed by atoms with Crippen LogP contribution in [0.15, 0.2) is 18.2 Å². The third-order valence-electron chi connectivity index (χ3n) is 5.04. The zero-order valence-electron chi connectivity index (χ0n) is 14.8. The molecule has 7 heteroatoms. The molecule has 25 heavy (non-hydrogen) atoms. The highest BCUT2D eigenvalue weighted by Crippen LogP contribution is 2.33. The second kappa shape index (κ2) is 6.12. The Bertz CT molecular complexity index is 809. The average Bonchev–Trinajstić information content (AvgIpc) is 3.28. The Morgan fingerprint density at radius 3 is 2.28 bits per heavy atom. The molecule has 1 saturated carbocycles. The smallest absolute Gasteiger partial charge is 0.259 e. The molecule has 1 N–H and O–H groups in total. The number of carbonyl (C=O) groups is 2. The number of rotatable bonds is 5. The summed E-state index contributed by atoms with van der Waals surface area (Å²) in [5, 5.41) is -0.459. The van der Waals surface area contributed by atoms with Crippen molar-refractivity contribution in [2.45, 2.75) is 57.2 Å². The van der Waals surface area contributed by atoms with Gasteiger partial charge >= 0.3 is 0 Å². The number of aryl methyl sites for hydroxylation is 2. The van der Waals surface area contributed by atoms with E-state index in [1.165, 1.54) is 4.90 Å². The Morgan fingerprint density at radius 1 is 1.20 bits per heavy atom. The van der Waals surface area contributed by atoms with Gasteiger partial charge < -0.3 is 4.90 Å². The van der Waals surface area contributed by atoms with Gasteiger partial charge in [-0.15, -0.1) is 0 Å². The molecule has 2 fully saturated rings. The monoisotopic (exact) mass is 364 g/mol. The van der Waals surface area contributed by atoms with Crippen molar-refractivity contribution in [3.63, 3.8) is 0 Å². The molecule has 0 bridgehead atoms. The fourth-order valence-electron chi connectivity index (χ4n) is 3.34. The minimum absolute atomic E-state index is 0.155. The van der Waals surface area contributed by atoms with Crippen LogP contribution >= 0.6 is 0 Å². The van der Waals surface area contributed by atoms with Crippen LogP contribution in [0.1, 0.15) is 42.9 Å². The summed E-state index contributed by atoms with van der Waals surface area (Å²) < 4.78 is 26.2. The Labute approximate surface area is 148 Å². The van der Waals surface area contributed by atoms with Gasteiger partial charge in [-0.25, -0.2) is 8.42 Å². The van der Waals surface area contributed by atoms with Crippen molar-refractivity contribution in [2.75, 3.05) is 6.54 Å². The van der Waals surface area contributed by atoms with Gasteiger partial charge in [0.2, 0.25) is 15.9 Å². The number of likely N-dealkylation sites (tertiary alicyclic amines) is 1. The molecule has 3 rings (SSSR count). The Hall–Kier alpha value is -1.89. The maximum Gasteiger partial charge on any atom is 0.259 e. The highest BCUT2D eigenvalue weighted by molar-refractivity contribution is 7.90. The summed E-state index contributed by atoms with van der Waals surface area (Å²) in [4.78, 5) is 26.6. The minimum atomic E-state index is -3.60. The highest BCUT2D eigenvalue weighted by Gasteiger charge is 2.51. The van der Waals surface area contributed by atoms with Crippen molar-refractivity contribution >= 4 is 21.8 Å². The van der Waals surface area contributed by atoms with Gasteiger partial charge in [0, 0.05) is 6.54 Å². The largest absolute Gasteiger partial charge is 0.328 e. The van der Waals surface area contributed by atoms with Crippen LogP contribution in [0.25, 0.3) is 0 Å². The van der Waals surface area contributed by atoms with E-state index in [2.05, 4.69) is 4.72 Å². The van der Waals surface area contributed by atoms with Gasteiger partial charge in [-0.1, -0.05) is 29.3 Å². The normalized spacial score (nSPS) is 23.1. The standard InChI is InChI=1S/C18H24N2O4S/c1-12-8-13(2)10-14(9-12)11-16(21)20-7-6-18(20,3)17(22)19-25(23,24)15-4-5-15/h8-10,15H,4-7,11H2,1-3H3,(H,19,22). The average molecular weight is 364 g/mol. The molecule has 1 unspecified atom stereocenters. The number of hydrogen-bond donors (Lipinski definition) is 1. The summed E-state index contributed by atoms with van der Waals surface area (Å²) in [5.41, 5.74) is 1.99. The van der Waals surface area contributed by atoms with E-state index in [1.807, 2.05) is 32.0 Å². The first-order chi connectivity index (χ1) is 11.6. The predicted octanol–water partition coefficient (Wildman–Crippen LogP) is 1.45. The van der Waals surface area contributed by atoms with Crippen LogP contribution < -0.4 is 4.72 Å². The van der Waals surface area contributed by atoms with Crippen molar-refractivity contribution in [1.29, 1.82) is 0 Å². The molecule has 6 nitrogen and oxygen atoms in total. The molecule has 1 aromatic carbocycles. The van der Waals surface area contributed by atoms with Gasteiger partial charge in [0.25, 0.3) is 5.91 Å². The van der Waals surface area contributed by atoms with Crippen molar-refractivity contribution < 1.29 is 18.0 Å². The van der Waals surface area contributed by atoms with Crippen molar-refractivity contribution in [1.82, 2.24) is 9.62 Å². The Morgan fingerprint density at radius 2 is 1.80 bits per heavy atom. The number of hydrogen-bond acceptors (Lipinski definition) is 4. The predicted molar refractivity (Wildman–Crippen MR) is 94.4 cm³/mol. The third-order valence-corrected chi connectivity index (χ3v) is 6.86. The lowest BCUT2D eigenvalue weighted by Gasteiger charge is -2.49. The van der Waals surface area contributed by atoms with Crippen LogP contribution in [0.3, 0.4) is 0 Å². The van der Waals surface area contributed by atoms with Crippen LogP contribution in [-0.2, 0) is 26.0 Å². The zero-order chi connectivity index (χ0) is 18.4. The minimum Gasteiger partial charge on any atom is -0.328 e. The molecule has 1 aliphatic carbocycles. The van der Waals surface area contributed by atoms with Gasteiger partial charge in [0.1, 0.15) is 5.54 Å². The lowest BCUT2D eigenvalue weighted by atomic mass is 9.85. The zero-order valence-corrected chi connectivity index (χ0v) is 15.6. The van der Waals surface area contributed by atoms with Crippen LogP contribution in [0, 0.1) is 13.8 Å². The van der Waals surface area contributed by atoms with E-state index in [1.54, 1.807) is 6.92 Å². The Kier molecular flexibility index (Phi) is 4.39. The summed E-state index contributed by atoms with van der Waals surface area (Å²) in [6, 6.07) is 5.96. The molecule has 1 heterocycles. The van der Waals surface area contributed by atoms with Crippen LogP contribution in [-0.4, -0.2) is 42.5 Å². The number of sulfonamides is 1. The van der Waals surface area contributed by atoms with Gasteiger partial charge in [-0.05, 0) is 45.6 Å². The molecule has 1 saturated heterocycles. The summed E-state index contributed by atoms with van der Waals surface area (Å²) in [6.07, 6.45) is 1.86. The summed E-state index contributed by atoms with van der Waals surface area (Å²) in [6.45, 7) is 6.06. The quantitative estimate of drug-likeness (QED) is 0.857. The summed E-state index contributed by atoms with van der Waals surface area (Å²) in [5.74, 6) is -0.753. The number of nitrogens with zero attached hydrogens (tertiary/aromatic N) is 1. The molecule has 2 aliphatic rings. The summed E-state index contributed by atoms with van der Waals surface area (Å²) in [7, 11) is -3.60. The Balaban J connectivity index is 1.69. The van der Waals surface area contributed by atoms with Crippen LogP contribution in [0.4, 0.5) is 0 Å². The summed E-state index contributed by atoms with van der Waals surface area (Å²) >= 11 is 0. The van der Waals surface area contributed by atoms with Crippen LogP contribution in [0.2, 0.25) is 0 Å². The third kappa shape index (κ3) is 3.56. The first kappa shape index (κ1) is 17.9. The highest BCUT2D eigenvalue weighted by atomic mass is 32.2. The lowest BCUT2D eigenvalue weighted by Crippen LogP contribution is -2.68. The van der Waals surface area contributed by atoms with E-state index in [4.69, 9.17) is 0 Å². The molecule has 1 atom stereocenters. The van der Waals surface area contributed by atoms with Gasteiger partial charge in [0.05, 0.1) is 11.7 Å². The van der Waals surface area contributed by atoms with E-state index in [0.717, 1.165) is 16.7 Å². The second-order valence-corrected chi connectivity index (χ2v) is 9.38. The fraction of sp³-hybridized carbons (Fsp3) is 0.556. The number of amides is 2. The van der Waals surface area contributed by atoms with E-state index in [0.29, 0.717) is 25.8 Å². The van der Waals surface area contributed by atoms with Crippen molar-refractivity contribution in [3.8, 4) is 0 Å². The maximum absolute atomic E-state index is 12.6. The van der Waals surface area contributed by atoms with Gasteiger partial charge in [0.15, 0.2) is 0 Å². The van der Waals surface area contributed by atoms with Gasteiger partial charge in [-0.2, -0.15) is 0 Å². The SMILES string of the molecule is Cc1cc(C)cc(CC(=O)N2CCC2(C)C(=O)NS(=O)(=O)C2CC2)c1. The molecule has 0 radical (unpaired) electrons. The lowest BCUT2D eigenvalue weighted by molar-refractivity contribution is -0.156. The van der Waals surface area contributed by atoms with E-state index >= 15 is 0 Å². The molecule has 2 amide bonds. The number of nitrogens with one attached hydrogen (secondary N) is 1. The molecule has 0 aromatic heterocycles. The van der Waals surface area contributed by atoms with Gasteiger partial charge in [-0.3, -0.25) is 14.3 Å². The molecular formula is C18H24N2O4S. The van der Waals surface area contributed by atoms with Crippen molar-refractivity contribution in [2.24, 2.45) is 0 Å². The van der Waals surface area contributed by atoms with E-state index in [-0.39, 0.29) is 12.3 Å². The molecule has 1 aliphatic heterocycles. The van der Waals surface area contributed by atoms with E-state index < -0.39 is 26.7 Å². The number of carbonyl (C=O) groups excluding carboxylic acids is 2. The first-order valence-corrected chi connectivity index (χ1v) is 10.1. The molecule has 136 valence electrons. The first-order valence-electron chi connectivity index (χ1n) is 8.55. The molecule has 0 spiro atoms. The second-order valence-electron chi connectivity index (χ2n) is 7.42.